The van der Waals surface area contributed by atoms with Gasteiger partial charge in [-0.25, -0.2) is 5.43 Å². The third kappa shape index (κ3) is 4.12. The van der Waals surface area contributed by atoms with E-state index in [0.29, 0.717) is 33.0 Å². The predicted octanol–water partition coefficient (Wildman–Crippen LogP) is 2.28. The molecule has 2 N–H and O–H groups in total. The Kier molecular flexibility index (Phi) is 5.37. The number of amides is 2. The molecule has 1 aliphatic heterocycles. The summed E-state index contributed by atoms with van der Waals surface area (Å²) in [6.07, 6.45) is 1.39. The van der Waals surface area contributed by atoms with Gasteiger partial charge in [-0.15, -0.1) is 0 Å². The monoisotopic (exact) mass is 419 g/mol. The topological polar surface area (TPSA) is 98.2 Å². The molecule has 9 heteroatoms. The second-order valence-corrected chi connectivity index (χ2v) is 5.97. The summed E-state index contributed by atoms with van der Waals surface area (Å²) < 4.78 is 16.3. The van der Waals surface area contributed by atoms with Crippen LogP contribution in [0.2, 0.25) is 0 Å². The Morgan fingerprint density at radius 2 is 1.96 bits per heavy atom. The Labute approximate surface area is 157 Å². The number of hydrogen-bond acceptors (Lipinski definition) is 6. The summed E-state index contributed by atoms with van der Waals surface area (Å²) in [5.41, 5.74) is 3.26. The van der Waals surface area contributed by atoms with Gasteiger partial charge in [0.1, 0.15) is 5.75 Å². The van der Waals surface area contributed by atoms with Crippen molar-refractivity contribution < 1.29 is 23.8 Å². The van der Waals surface area contributed by atoms with Crippen molar-refractivity contribution in [3.05, 3.63) is 46.4 Å². The second-order valence-electron chi connectivity index (χ2n) is 5.11. The molecule has 0 saturated carbocycles. The molecular weight excluding hydrogens is 406 g/mol. The summed E-state index contributed by atoms with van der Waals surface area (Å²) in [5.74, 6) is 0.0162. The lowest BCUT2D eigenvalue weighted by molar-refractivity contribution is -0.136. The number of methoxy groups -OCH3 is 1. The molecule has 2 aromatic rings. The standard InChI is InChI=1S/C17H14BrN3O5/c1-24-12-4-2-3-11(6-12)20-16(22)17(23)21-19-8-10-5-14-15(7-13(10)18)26-9-25-14/h2-8H,9H2,1H3,(H,20,22)(H,21,23)/b19-8+. The zero-order valence-corrected chi connectivity index (χ0v) is 15.2. The van der Waals surface area contributed by atoms with Gasteiger partial charge in [-0.2, -0.15) is 5.10 Å². The lowest BCUT2D eigenvalue weighted by Gasteiger charge is -2.06. The molecular formula is C17H14BrN3O5. The van der Waals surface area contributed by atoms with Gasteiger partial charge in [0.2, 0.25) is 6.79 Å². The quantitative estimate of drug-likeness (QED) is 0.449. The molecule has 26 heavy (non-hydrogen) atoms. The number of benzene rings is 2. The first-order valence-corrected chi connectivity index (χ1v) is 8.23. The van der Waals surface area contributed by atoms with E-state index in [2.05, 4.69) is 31.8 Å². The van der Waals surface area contributed by atoms with Gasteiger partial charge in [0.25, 0.3) is 0 Å². The van der Waals surface area contributed by atoms with Gasteiger partial charge >= 0.3 is 11.8 Å². The molecule has 0 atom stereocenters. The molecule has 0 fully saturated rings. The third-order valence-electron chi connectivity index (χ3n) is 3.40. The molecule has 1 heterocycles. The van der Waals surface area contributed by atoms with E-state index in [9.17, 15) is 9.59 Å². The molecule has 0 unspecified atom stereocenters. The van der Waals surface area contributed by atoms with E-state index < -0.39 is 11.8 Å². The number of rotatable bonds is 4. The molecule has 8 nitrogen and oxygen atoms in total. The Morgan fingerprint density at radius 3 is 2.73 bits per heavy atom. The average molecular weight is 420 g/mol. The largest absolute Gasteiger partial charge is 0.497 e. The number of anilines is 1. The maximum absolute atomic E-state index is 11.9. The normalized spacial score (nSPS) is 12.1. The van der Waals surface area contributed by atoms with E-state index >= 15 is 0 Å². The van der Waals surface area contributed by atoms with Crippen LogP contribution in [-0.2, 0) is 9.59 Å². The number of halogens is 1. The van der Waals surface area contributed by atoms with Crippen LogP contribution >= 0.6 is 15.9 Å². The van der Waals surface area contributed by atoms with E-state index in [4.69, 9.17) is 14.2 Å². The number of carbonyl (C=O) groups excluding carboxylic acids is 2. The summed E-state index contributed by atoms with van der Waals surface area (Å²) in [7, 11) is 1.51. The number of ether oxygens (including phenoxy) is 3. The van der Waals surface area contributed by atoms with Crippen LogP contribution in [0.25, 0.3) is 0 Å². The highest BCUT2D eigenvalue weighted by atomic mass is 79.9. The van der Waals surface area contributed by atoms with Gasteiger partial charge in [0.15, 0.2) is 11.5 Å². The zero-order chi connectivity index (χ0) is 18.5. The van der Waals surface area contributed by atoms with Crippen LogP contribution in [0.4, 0.5) is 5.69 Å². The van der Waals surface area contributed by atoms with Crippen molar-refractivity contribution in [1.29, 1.82) is 0 Å². The van der Waals surface area contributed by atoms with Crippen molar-refractivity contribution in [2.45, 2.75) is 0 Å². The molecule has 0 saturated heterocycles. The van der Waals surface area contributed by atoms with Crippen LogP contribution < -0.4 is 25.0 Å². The highest BCUT2D eigenvalue weighted by molar-refractivity contribution is 9.10. The van der Waals surface area contributed by atoms with Crippen LogP contribution in [0.5, 0.6) is 17.2 Å². The Hall–Kier alpha value is -3.07. The summed E-state index contributed by atoms with van der Waals surface area (Å²) in [5, 5.41) is 6.25. The van der Waals surface area contributed by atoms with Gasteiger partial charge < -0.3 is 19.5 Å². The summed E-state index contributed by atoms with van der Waals surface area (Å²) in [6.45, 7) is 0.156. The predicted molar refractivity (Wildman–Crippen MR) is 97.6 cm³/mol. The first-order chi connectivity index (χ1) is 12.6. The maximum atomic E-state index is 11.9. The Morgan fingerprint density at radius 1 is 1.19 bits per heavy atom. The number of hydrogen-bond donors (Lipinski definition) is 2. The zero-order valence-electron chi connectivity index (χ0n) is 13.6. The highest BCUT2D eigenvalue weighted by Crippen LogP contribution is 2.36. The van der Waals surface area contributed by atoms with Crippen molar-refractivity contribution in [2.24, 2.45) is 5.10 Å². The number of nitrogens with one attached hydrogen (secondary N) is 2. The van der Waals surface area contributed by atoms with Gasteiger partial charge in [0, 0.05) is 21.8 Å². The molecule has 1 aliphatic rings. The van der Waals surface area contributed by atoms with E-state index in [1.54, 1.807) is 36.4 Å². The van der Waals surface area contributed by atoms with Gasteiger partial charge in [-0.05, 0) is 40.2 Å². The van der Waals surface area contributed by atoms with E-state index in [0.717, 1.165) is 0 Å². The van der Waals surface area contributed by atoms with Crippen molar-refractivity contribution in [3.63, 3.8) is 0 Å². The first kappa shape index (κ1) is 17.7. The Balaban J connectivity index is 1.59. The highest BCUT2D eigenvalue weighted by Gasteiger charge is 2.16. The van der Waals surface area contributed by atoms with Gasteiger partial charge in [-0.1, -0.05) is 6.07 Å². The fourth-order valence-corrected chi connectivity index (χ4v) is 2.56. The van der Waals surface area contributed by atoms with Crippen molar-refractivity contribution >= 4 is 39.6 Å². The summed E-state index contributed by atoms with van der Waals surface area (Å²) in [4.78, 5) is 23.7. The molecule has 0 radical (unpaired) electrons. The maximum Gasteiger partial charge on any atom is 0.329 e. The Bertz CT molecular complexity index is 885. The van der Waals surface area contributed by atoms with Gasteiger partial charge in [-0.3, -0.25) is 9.59 Å². The summed E-state index contributed by atoms with van der Waals surface area (Å²) >= 11 is 3.37. The van der Waals surface area contributed by atoms with Crippen LogP contribution in [0.3, 0.4) is 0 Å². The molecule has 0 aromatic heterocycles. The summed E-state index contributed by atoms with van der Waals surface area (Å²) in [6, 6.07) is 10.1. The third-order valence-corrected chi connectivity index (χ3v) is 4.08. The number of fused-ring (bicyclic) bond motifs is 1. The van der Waals surface area contributed by atoms with Crippen LogP contribution in [0, 0.1) is 0 Å². The van der Waals surface area contributed by atoms with Crippen molar-refractivity contribution in [3.8, 4) is 17.2 Å². The van der Waals surface area contributed by atoms with Crippen LogP contribution in [0.15, 0.2) is 46.0 Å². The average Bonchev–Trinajstić information content (AvgIpc) is 3.08. The van der Waals surface area contributed by atoms with Gasteiger partial charge in [0.05, 0.1) is 13.3 Å². The molecule has 3 rings (SSSR count). The first-order valence-electron chi connectivity index (χ1n) is 7.44. The molecule has 0 bridgehead atoms. The minimum Gasteiger partial charge on any atom is -0.497 e. The number of hydrazone groups is 1. The van der Waals surface area contributed by atoms with E-state index in [-0.39, 0.29) is 6.79 Å². The minimum atomic E-state index is -0.902. The fraction of sp³-hybridized carbons (Fsp3) is 0.118. The lowest BCUT2D eigenvalue weighted by atomic mass is 10.2. The van der Waals surface area contributed by atoms with E-state index in [1.165, 1.54) is 13.3 Å². The van der Waals surface area contributed by atoms with Crippen LogP contribution in [-0.4, -0.2) is 31.9 Å². The van der Waals surface area contributed by atoms with Crippen molar-refractivity contribution in [2.75, 3.05) is 19.2 Å². The van der Waals surface area contributed by atoms with Crippen molar-refractivity contribution in [1.82, 2.24) is 5.43 Å². The molecule has 0 spiro atoms. The second kappa shape index (κ2) is 7.87. The van der Waals surface area contributed by atoms with Crippen LogP contribution in [0.1, 0.15) is 5.56 Å². The molecule has 134 valence electrons. The molecule has 0 aliphatic carbocycles. The molecule has 2 aromatic carbocycles. The van der Waals surface area contributed by atoms with E-state index in [1.807, 2.05) is 0 Å². The SMILES string of the molecule is COc1cccc(NC(=O)C(=O)N/N=C/c2cc3c(cc2Br)OCO3)c1. The number of carbonyl (C=O) groups is 2. The fourth-order valence-electron chi connectivity index (χ4n) is 2.13. The lowest BCUT2D eigenvalue weighted by Crippen LogP contribution is -2.32. The smallest absolute Gasteiger partial charge is 0.329 e. The molecule has 2 amide bonds. The number of nitrogens with zero attached hydrogens (tertiary/aromatic N) is 1. The minimum absolute atomic E-state index is 0.156.